The summed E-state index contributed by atoms with van der Waals surface area (Å²) in [4.78, 5) is 0.192. The van der Waals surface area contributed by atoms with Crippen LogP contribution in [0.25, 0.3) is 0 Å². The summed E-state index contributed by atoms with van der Waals surface area (Å²) in [5.74, 6) is 0. The van der Waals surface area contributed by atoms with E-state index in [2.05, 4.69) is 4.72 Å². The number of rotatable bonds is 5. The third-order valence-corrected chi connectivity index (χ3v) is 6.95. The second-order valence-electron chi connectivity index (χ2n) is 5.76. The smallest absolute Gasteiger partial charge is 0.261 e. The predicted molar refractivity (Wildman–Crippen MR) is 100 cm³/mol. The topological polar surface area (TPSA) is 80.3 Å². The number of nitrogens with one attached hydrogen (secondary N) is 1. The molecule has 5 nitrogen and oxygen atoms in total. The van der Waals surface area contributed by atoms with Gasteiger partial charge in [-0.15, -0.1) is 0 Å². The molecule has 3 aromatic carbocycles. The second-order valence-corrected chi connectivity index (χ2v) is 9.39. The van der Waals surface area contributed by atoms with Crippen LogP contribution in [0, 0.1) is 6.92 Å². The van der Waals surface area contributed by atoms with Crippen LogP contribution in [-0.4, -0.2) is 16.8 Å². The quantitative estimate of drug-likeness (QED) is 0.725. The number of hydrogen-bond donors (Lipinski definition) is 1. The molecule has 0 amide bonds. The van der Waals surface area contributed by atoms with Gasteiger partial charge in [-0.25, -0.2) is 16.8 Å². The molecule has 0 atom stereocenters. The molecular weight excluding hydrogens is 370 g/mol. The summed E-state index contributed by atoms with van der Waals surface area (Å²) in [5.41, 5.74) is 1.38. The van der Waals surface area contributed by atoms with Gasteiger partial charge in [-0.05, 0) is 61.0 Å². The molecular formula is C19H17NO4S2. The van der Waals surface area contributed by atoms with E-state index in [1.807, 2.05) is 13.0 Å². The summed E-state index contributed by atoms with van der Waals surface area (Å²) in [7, 11) is -7.48. The average Bonchev–Trinajstić information content (AvgIpc) is 2.62. The highest BCUT2D eigenvalue weighted by Crippen LogP contribution is 2.23. The summed E-state index contributed by atoms with van der Waals surface area (Å²) in [6, 6.07) is 20.1. The van der Waals surface area contributed by atoms with Crippen molar-refractivity contribution in [1.29, 1.82) is 0 Å². The molecule has 26 heavy (non-hydrogen) atoms. The van der Waals surface area contributed by atoms with E-state index in [4.69, 9.17) is 0 Å². The second kappa shape index (κ2) is 6.93. The standard InChI is InChI=1S/C19H17NO4S2/c1-15-6-5-7-16(14-15)20-26(23,24)19-12-10-18(11-13-19)25(21,22)17-8-3-2-4-9-17/h2-14,20H,1H3. The van der Waals surface area contributed by atoms with Crippen molar-refractivity contribution in [3.05, 3.63) is 84.4 Å². The molecule has 0 aliphatic rings. The van der Waals surface area contributed by atoms with Gasteiger partial charge in [-0.1, -0.05) is 30.3 Å². The number of anilines is 1. The first kappa shape index (κ1) is 18.2. The lowest BCUT2D eigenvalue weighted by molar-refractivity contribution is 0.594. The first-order valence-electron chi connectivity index (χ1n) is 7.79. The van der Waals surface area contributed by atoms with Crippen LogP contribution in [-0.2, 0) is 19.9 Å². The van der Waals surface area contributed by atoms with Crippen molar-refractivity contribution in [2.24, 2.45) is 0 Å². The molecule has 3 rings (SSSR count). The summed E-state index contributed by atoms with van der Waals surface area (Å²) in [6.45, 7) is 1.86. The molecule has 3 aromatic rings. The zero-order chi connectivity index (χ0) is 18.8. The molecule has 0 aliphatic carbocycles. The van der Waals surface area contributed by atoms with E-state index in [1.54, 1.807) is 36.4 Å². The molecule has 0 heterocycles. The highest BCUT2D eigenvalue weighted by atomic mass is 32.2. The van der Waals surface area contributed by atoms with Crippen LogP contribution >= 0.6 is 0 Å². The van der Waals surface area contributed by atoms with Gasteiger partial charge in [0.2, 0.25) is 9.84 Å². The molecule has 0 aromatic heterocycles. The monoisotopic (exact) mass is 387 g/mol. The Labute approximate surface area is 153 Å². The Morgan fingerprint density at radius 3 is 1.85 bits per heavy atom. The van der Waals surface area contributed by atoms with E-state index in [-0.39, 0.29) is 14.7 Å². The summed E-state index contributed by atoms with van der Waals surface area (Å²) >= 11 is 0. The minimum Gasteiger partial charge on any atom is -0.280 e. The Balaban J connectivity index is 1.90. The molecule has 1 N–H and O–H groups in total. The molecule has 0 saturated heterocycles. The lowest BCUT2D eigenvalue weighted by Gasteiger charge is -2.10. The number of hydrogen-bond acceptors (Lipinski definition) is 4. The van der Waals surface area contributed by atoms with Crippen LogP contribution in [0.2, 0.25) is 0 Å². The summed E-state index contributed by atoms with van der Waals surface area (Å²) < 4.78 is 52.6. The van der Waals surface area contributed by atoms with Gasteiger partial charge in [0.1, 0.15) is 0 Å². The van der Waals surface area contributed by atoms with Gasteiger partial charge in [-0.3, -0.25) is 4.72 Å². The molecule has 0 unspecified atom stereocenters. The van der Waals surface area contributed by atoms with Crippen molar-refractivity contribution in [3.8, 4) is 0 Å². The van der Waals surface area contributed by atoms with Crippen molar-refractivity contribution in [2.45, 2.75) is 21.6 Å². The van der Waals surface area contributed by atoms with Gasteiger partial charge < -0.3 is 0 Å². The van der Waals surface area contributed by atoms with Crippen LogP contribution in [0.15, 0.2) is 93.5 Å². The first-order valence-corrected chi connectivity index (χ1v) is 10.8. The highest BCUT2D eigenvalue weighted by Gasteiger charge is 2.19. The third kappa shape index (κ3) is 3.79. The lowest BCUT2D eigenvalue weighted by Crippen LogP contribution is -2.13. The normalized spacial score (nSPS) is 11.9. The van der Waals surface area contributed by atoms with Crippen molar-refractivity contribution in [2.75, 3.05) is 4.72 Å². The van der Waals surface area contributed by atoms with Crippen LogP contribution in [0.4, 0.5) is 5.69 Å². The molecule has 134 valence electrons. The van der Waals surface area contributed by atoms with Gasteiger partial charge in [-0.2, -0.15) is 0 Å². The maximum atomic E-state index is 12.6. The van der Waals surface area contributed by atoms with E-state index in [9.17, 15) is 16.8 Å². The summed E-state index contributed by atoms with van der Waals surface area (Å²) in [5, 5.41) is 0. The number of sulfonamides is 1. The van der Waals surface area contributed by atoms with Crippen molar-refractivity contribution in [1.82, 2.24) is 0 Å². The van der Waals surface area contributed by atoms with Crippen LogP contribution in [0.1, 0.15) is 5.56 Å². The Hall–Kier alpha value is -2.64. The van der Waals surface area contributed by atoms with Crippen molar-refractivity contribution < 1.29 is 16.8 Å². The first-order chi connectivity index (χ1) is 12.3. The van der Waals surface area contributed by atoms with E-state index in [1.165, 1.54) is 36.4 Å². The highest BCUT2D eigenvalue weighted by molar-refractivity contribution is 7.93. The van der Waals surface area contributed by atoms with Gasteiger partial charge >= 0.3 is 0 Å². The Bertz CT molecular complexity index is 1120. The molecule has 0 saturated carbocycles. The zero-order valence-corrected chi connectivity index (χ0v) is 15.6. The van der Waals surface area contributed by atoms with E-state index >= 15 is 0 Å². The van der Waals surface area contributed by atoms with Crippen LogP contribution in [0.5, 0.6) is 0 Å². The maximum absolute atomic E-state index is 12.6. The lowest BCUT2D eigenvalue weighted by atomic mass is 10.2. The molecule has 0 radical (unpaired) electrons. The molecule has 0 spiro atoms. The SMILES string of the molecule is Cc1cccc(NS(=O)(=O)c2ccc(S(=O)(=O)c3ccccc3)cc2)c1. The average molecular weight is 387 g/mol. The third-order valence-electron chi connectivity index (χ3n) is 3.77. The van der Waals surface area contributed by atoms with E-state index in [0.717, 1.165) is 5.56 Å². The fraction of sp³-hybridized carbons (Fsp3) is 0.0526. The van der Waals surface area contributed by atoms with Crippen molar-refractivity contribution >= 4 is 25.5 Å². The largest absolute Gasteiger partial charge is 0.280 e. The Morgan fingerprint density at radius 2 is 1.23 bits per heavy atom. The van der Waals surface area contributed by atoms with Crippen LogP contribution < -0.4 is 4.72 Å². The summed E-state index contributed by atoms with van der Waals surface area (Å²) in [6.07, 6.45) is 0. The van der Waals surface area contributed by atoms with E-state index in [0.29, 0.717) is 5.69 Å². The van der Waals surface area contributed by atoms with Crippen LogP contribution in [0.3, 0.4) is 0 Å². The molecule has 0 bridgehead atoms. The van der Waals surface area contributed by atoms with Gasteiger partial charge in [0.25, 0.3) is 10.0 Å². The zero-order valence-electron chi connectivity index (χ0n) is 14.0. The Morgan fingerprint density at radius 1 is 0.654 bits per heavy atom. The number of aryl methyl sites for hydroxylation is 1. The maximum Gasteiger partial charge on any atom is 0.261 e. The minimum atomic E-state index is -3.80. The molecule has 0 fully saturated rings. The van der Waals surface area contributed by atoms with Gasteiger partial charge in [0.15, 0.2) is 0 Å². The van der Waals surface area contributed by atoms with Gasteiger partial charge in [0, 0.05) is 5.69 Å². The fourth-order valence-electron chi connectivity index (χ4n) is 2.46. The molecule has 0 aliphatic heterocycles. The fourth-order valence-corrected chi connectivity index (χ4v) is 4.79. The Kier molecular flexibility index (Phi) is 4.84. The predicted octanol–water partition coefficient (Wildman–Crippen LogP) is 3.63. The molecule has 7 heteroatoms. The van der Waals surface area contributed by atoms with Gasteiger partial charge in [0.05, 0.1) is 14.7 Å². The number of sulfone groups is 1. The van der Waals surface area contributed by atoms with E-state index < -0.39 is 19.9 Å². The number of benzene rings is 3. The minimum absolute atomic E-state index is 0.00832. The van der Waals surface area contributed by atoms with Crippen molar-refractivity contribution in [3.63, 3.8) is 0 Å².